The van der Waals surface area contributed by atoms with Crippen LogP contribution in [0, 0.1) is 66.6 Å². The van der Waals surface area contributed by atoms with Crippen LogP contribution >= 0.6 is 0 Å². The number of aliphatic hydroxyl groups is 2. The van der Waals surface area contributed by atoms with E-state index >= 15 is 0 Å². The first kappa shape index (κ1) is 129. The number of aromatic carboxylic acids is 2. The number of aliphatic hydroxyl groups excluding tert-OH is 2. The molecular weight excluding hydrogens is 3010 g/mol. The number of aromatic nitrogens is 13. The fourth-order valence-electron chi connectivity index (χ4n) is 11.9. The van der Waals surface area contributed by atoms with Crippen molar-refractivity contribution < 1.29 is 204 Å². The Bertz CT molecular complexity index is 7070. The number of allylic oxidation sites excluding steroid dienone is 4. The summed E-state index contributed by atoms with van der Waals surface area (Å²) in [7, 11) is 0. The van der Waals surface area contributed by atoms with Gasteiger partial charge in [-0.25, -0.2) is 19.6 Å². The van der Waals surface area contributed by atoms with Gasteiger partial charge in [-0.15, -0.1) is 161 Å². The summed E-state index contributed by atoms with van der Waals surface area (Å²) in [6.45, 7) is 7.32. The minimum Gasteiger partial charge on any atom is -0.512 e. The number of benzene rings is 9. The SMILES string of the molecule is CC(=O)C=C(C)O.CC(=O)C=C(C)O.Cc1cc(-c2ccccn2)[c-]c(C(F)(F)F)c1.FC(F)(F)c1n[n-]c(-c2ccccn2)n1.Fc1c[c-]c(-c2ccccn2)c(F)c1.Fc1c[c-]c(-c2ccccn2)c(F)c1.O=C(O)c1ccccn1.O=C(O)c1ccccn1.[Ir].[Ir].[Ir].[Ir].[Ir].[Ir].[c-]1ccccc1-c1cc2ccccc2cn1.[c-]1ccccc1-c1ccccn1.[c-]1ccccc1-c1ncc(-c2ccccc2)nc1-c1ccccc1. The second-order valence-corrected chi connectivity index (χ2v) is 29.4. The molecule has 6 radical (unpaired) electrons. The maximum absolute atomic E-state index is 13.2. The zero-order chi connectivity index (χ0) is 104. The first-order valence-electron chi connectivity index (χ1n) is 42.9. The van der Waals surface area contributed by atoms with Crippen molar-refractivity contribution in [1.29, 1.82) is 0 Å². The average Bonchev–Trinajstić information content (AvgIpc) is 1.02. The van der Waals surface area contributed by atoms with Gasteiger partial charge in [0.1, 0.15) is 17.2 Å². The van der Waals surface area contributed by atoms with Crippen LogP contribution < -0.4 is 5.10 Å². The number of hydrogen-bond donors (Lipinski definition) is 4. The Hall–Kier alpha value is -14.8. The number of halogens is 10. The van der Waals surface area contributed by atoms with Crippen LogP contribution in [0.2, 0.25) is 0 Å². The summed E-state index contributed by atoms with van der Waals surface area (Å²) in [5, 5.41) is 42.0. The molecule has 150 heavy (non-hydrogen) atoms. The van der Waals surface area contributed by atoms with Gasteiger partial charge >= 0.3 is 24.3 Å². The van der Waals surface area contributed by atoms with Gasteiger partial charge in [0.15, 0.2) is 11.6 Å². The molecule has 4 N–H and O–H groups in total. The van der Waals surface area contributed by atoms with Crippen LogP contribution in [0.3, 0.4) is 0 Å². The number of carbonyl (C=O) groups is 4. The molecule has 19 rings (SSSR count). The van der Waals surface area contributed by atoms with Crippen LogP contribution in [0.1, 0.15) is 65.6 Å². The van der Waals surface area contributed by atoms with Gasteiger partial charge in [-0.05, 0) is 145 Å². The fraction of sp³-hybridized carbons (Fsp3) is 0.0619. The molecule has 19 aromatic rings. The van der Waals surface area contributed by atoms with E-state index in [4.69, 9.17) is 30.4 Å². The minimum absolute atomic E-state index is 0. The predicted molar refractivity (Wildman–Crippen MR) is 527 cm³/mol. The molecule has 0 aliphatic carbocycles. The molecular formula is C113H84F10Ir6N13O8-7. The molecule has 0 amide bonds. The van der Waals surface area contributed by atoms with Crippen molar-refractivity contribution in [3.05, 3.63) is 495 Å². The van der Waals surface area contributed by atoms with Crippen molar-refractivity contribution >= 4 is 34.3 Å². The largest absolute Gasteiger partial charge is 0.512 e. The molecule has 21 nitrogen and oxygen atoms in total. The van der Waals surface area contributed by atoms with E-state index in [9.17, 15) is 63.1 Å². The van der Waals surface area contributed by atoms with Crippen molar-refractivity contribution in [1.82, 2.24) is 65.0 Å². The van der Waals surface area contributed by atoms with Gasteiger partial charge in [0.2, 0.25) is 0 Å². The van der Waals surface area contributed by atoms with Crippen LogP contribution in [0.4, 0.5) is 43.9 Å². The zero-order valence-corrected chi connectivity index (χ0v) is 93.4. The van der Waals surface area contributed by atoms with Gasteiger partial charge < -0.3 is 60.4 Å². The summed E-state index contributed by atoms with van der Waals surface area (Å²) in [5.74, 6) is -6.05. The van der Waals surface area contributed by atoms with E-state index in [1.165, 1.54) is 87.4 Å². The Morgan fingerprint density at radius 3 is 1.07 bits per heavy atom. The molecule has 37 heteroatoms. The number of rotatable bonds is 13. The van der Waals surface area contributed by atoms with Crippen LogP contribution in [0.5, 0.6) is 0 Å². The number of carboxylic acid groups (broad SMARTS) is 2. The topological polar surface area (TPSA) is 318 Å². The predicted octanol–water partition coefficient (Wildman–Crippen LogP) is 26.2. The Balaban J connectivity index is 0.000000429. The summed E-state index contributed by atoms with van der Waals surface area (Å²) in [5.41, 5.74) is 12.0. The number of hydrogen-bond acceptors (Lipinski definition) is 18. The Morgan fingerprint density at radius 1 is 0.333 bits per heavy atom. The van der Waals surface area contributed by atoms with Gasteiger partial charge in [0.05, 0.1) is 28.6 Å². The van der Waals surface area contributed by atoms with E-state index < -0.39 is 58.9 Å². The summed E-state index contributed by atoms with van der Waals surface area (Å²) >= 11 is 0. The summed E-state index contributed by atoms with van der Waals surface area (Å²) in [4.78, 5) is 84.7. The molecule has 780 valence electrons. The van der Waals surface area contributed by atoms with Crippen molar-refractivity contribution in [3.63, 3.8) is 0 Å². The fourth-order valence-corrected chi connectivity index (χ4v) is 11.9. The first-order valence-corrected chi connectivity index (χ1v) is 42.9. The number of aryl methyl sites for hydroxylation is 1. The molecule has 0 aliphatic heterocycles. The number of ketones is 2. The van der Waals surface area contributed by atoms with Crippen LogP contribution in [0.25, 0.3) is 112 Å². The van der Waals surface area contributed by atoms with Crippen LogP contribution in [-0.2, 0) is 143 Å². The summed E-state index contributed by atoms with van der Waals surface area (Å²) in [6.07, 6.45) is 7.89. The number of fused-ring (bicyclic) bond motifs is 1. The number of carboxylic acids is 2. The third-order valence-corrected chi connectivity index (χ3v) is 18.1. The molecule has 0 spiro atoms. The Labute approximate surface area is 938 Å². The average molecular weight is 3100 g/mol. The molecule has 0 atom stereocenters. The van der Waals surface area contributed by atoms with Gasteiger partial charge in [-0.1, -0.05) is 188 Å². The molecule has 10 aromatic heterocycles. The van der Waals surface area contributed by atoms with Crippen molar-refractivity contribution in [2.75, 3.05) is 0 Å². The van der Waals surface area contributed by atoms with Gasteiger partial charge in [0.25, 0.3) is 0 Å². The van der Waals surface area contributed by atoms with Gasteiger partial charge in [0, 0.05) is 223 Å². The standard InChI is InChI=1S/C22H15N2.C15H10N.C13H9F3N.2C11H6F2N.C11H8N.C8H4F3N4.2C6H5NO2.2C5H8O2.6Ir/c1-4-10-17(11-5-1)20-16-23-21(18-12-6-2-7-13-18)22(24-20)19-14-8-3-9-15-19;1-2-6-12(7-3-1)15-10-13-8-4-5-9-14(13)11-16-15;1-9-6-10(12-4-2-3-5-17-12)8-11(7-9)13(14,15)16;2*12-8-4-5-9(10(13)7-8)11-3-1-2-6-14-11;1-2-6-10(7-3-1)11-8-4-5-9-12-11;9-8(10,11)7-13-6(14-15-7)5-3-1-2-4-12-5;2*8-6(9)5-3-1-2-4-7-5;2*1-4(6)3-5(2)7;;;;;;/h1-12,14-16H;1-6,8-11H;2-7H,1H3;2*1-4,6-7H;1-6,8-9H;1-4H;2*1-4H,(H,8,9);2*3,6H,1-2H3;;;;;;/q7*-1;;;;;;;;;;. The third-order valence-electron chi connectivity index (χ3n) is 18.1. The van der Waals surface area contributed by atoms with Crippen LogP contribution in [-0.4, -0.2) is 104 Å². The molecule has 0 saturated heterocycles. The summed E-state index contributed by atoms with van der Waals surface area (Å²) < 4.78 is 126. The van der Waals surface area contributed by atoms with E-state index in [-0.39, 0.29) is 178 Å². The smallest absolute Gasteiger partial charge is 0.429 e. The second kappa shape index (κ2) is 68.7. The second-order valence-electron chi connectivity index (χ2n) is 29.4. The molecule has 0 saturated carbocycles. The Kier molecular flexibility index (Phi) is 59.2. The van der Waals surface area contributed by atoms with Gasteiger partial charge in [-0.2, -0.15) is 26.3 Å². The van der Waals surface area contributed by atoms with E-state index in [0.717, 1.165) is 86.6 Å². The number of alkyl halides is 6. The normalized spacial score (nSPS) is 10.1. The number of pyridine rings is 8. The molecule has 0 fully saturated rings. The molecule has 0 aliphatic rings. The van der Waals surface area contributed by atoms with E-state index in [1.54, 1.807) is 129 Å². The number of carbonyl (C=O) groups excluding carboxylic acids is 2. The monoisotopic (exact) mass is 3100 g/mol. The molecule has 10 heterocycles. The Morgan fingerprint density at radius 2 is 0.713 bits per heavy atom. The number of nitrogens with zero attached hydrogens (tertiary/aromatic N) is 13. The minimum atomic E-state index is -4.57. The van der Waals surface area contributed by atoms with Crippen molar-refractivity contribution in [2.45, 2.75) is 47.0 Å². The molecule has 9 aromatic carbocycles. The molecule has 0 unspecified atom stereocenters. The first-order chi connectivity index (χ1) is 69.3. The quantitative estimate of drug-likeness (QED) is 0.0361. The van der Waals surface area contributed by atoms with Gasteiger partial charge in [-0.3, -0.25) is 42.2 Å². The summed E-state index contributed by atoms with van der Waals surface area (Å²) in [6, 6.07) is 113. The molecule has 0 bridgehead atoms. The van der Waals surface area contributed by atoms with E-state index in [2.05, 4.69) is 122 Å². The van der Waals surface area contributed by atoms with Crippen molar-refractivity contribution in [3.8, 4) is 102 Å². The van der Waals surface area contributed by atoms with E-state index in [0.29, 0.717) is 28.2 Å². The maximum atomic E-state index is 13.2. The third kappa shape index (κ3) is 45.9. The van der Waals surface area contributed by atoms with Crippen LogP contribution in [0.15, 0.2) is 407 Å². The van der Waals surface area contributed by atoms with E-state index in [1.807, 2.05) is 164 Å². The van der Waals surface area contributed by atoms with Crippen molar-refractivity contribution in [2.24, 2.45) is 0 Å². The zero-order valence-electron chi connectivity index (χ0n) is 79.0. The maximum Gasteiger partial charge on any atom is 0.429 e.